The predicted molar refractivity (Wildman–Crippen MR) is 75.9 cm³/mol. The first-order valence-electron chi connectivity index (χ1n) is 6.12. The zero-order valence-electron chi connectivity index (χ0n) is 12.2. The average Bonchev–Trinajstić information content (AvgIpc) is 2.35. The van der Waals surface area contributed by atoms with Crippen LogP contribution in [0, 0.1) is 0 Å². The van der Waals surface area contributed by atoms with Crippen molar-refractivity contribution in [3.63, 3.8) is 0 Å². The molecule has 0 aromatic heterocycles. The molecule has 0 bridgehead atoms. The standard InChI is InChI=1S/C14H22N2O3/c1-14(2,3)15-9-13(17)16-10-6-11(18-4)8-12(7-10)19-5/h6-8,15H,9H2,1-5H3,(H,16,17). The molecule has 1 amide bonds. The summed E-state index contributed by atoms with van der Waals surface area (Å²) in [6.07, 6.45) is 0. The summed E-state index contributed by atoms with van der Waals surface area (Å²) in [5, 5.41) is 5.93. The number of hydrogen-bond donors (Lipinski definition) is 2. The van der Waals surface area contributed by atoms with Crippen molar-refractivity contribution in [1.82, 2.24) is 5.32 Å². The molecule has 5 heteroatoms. The molecule has 0 fully saturated rings. The van der Waals surface area contributed by atoms with E-state index in [4.69, 9.17) is 9.47 Å². The Kier molecular flexibility index (Phi) is 5.18. The highest BCUT2D eigenvalue weighted by Crippen LogP contribution is 2.25. The monoisotopic (exact) mass is 266 g/mol. The summed E-state index contributed by atoms with van der Waals surface area (Å²) in [4.78, 5) is 11.8. The minimum Gasteiger partial charge on any atom is -0.497 e. The fourth-order valence-electron chi connectivity index (χ4n) is 1.43. The van der Waals surface area contributed by atoms with Gasteiger partial charge in [-0.3, -0.25) is 4.79 Å². The van der Waals surface area contributed by atoms with Gasteiger partial charge in [0.2, 0.25) is 5.91 Å². The summed E-state index contributed by atoms with van der Waals surface area (Å²) in [5.41, 5.74) is 0.556. The van der Waals surface area contributed by atoms with Crippen LogP contribution in [-0.4, -0.2) is 32.2 Å². The number of benzene rings is 1. The summed E-state index contributed by atoms with van der Waals surface area (Å²) in [7, 11) is 3.14. The molecule has 0 saturated heterocycles. The van der Waals surface area contributed by atoms with Crippen molar-refractivity contribution < 1.29 is 14.3 Å². The first-order valence-corrected chi connectivity index (χ1v) is 6.12. The lowest BCUT2D eigenvalue weighted by molar-refractivity contribution is -0.115. The van der Waals surface area contributed by atoms with Crippen molar-refractivity contribution in [3.05, 3.63) is 18.2 Å². The highest BCUT2D eigenvalue weighted by Gasteiger charge is 2.12. The second-order valence-electron chi connectivity index (χ2n) is 5.25. The molecule has 19 heavy (non-hydrogen) atoms. The van der Waals surface area contributed by atoms with Crippen molar-refractivity contribution in [1.29, 1.82) is 0 Å². The van der Waals surface area contributed by atoms with Crippen molar-refractivity contribution in [3.8, 4) is 11.5 Å². The summed E-state index contributed by atoms with van der Waals surface area (Å²) >= 11 is 0. The molecular weight excluding hydrogens is 244 g/mol. The Labute approximate surface area is 114 Å². The van der Waals surface area contributed by atoms with Gasteiger partial charge >= 0.3 is 0 Å². The molecule has 5 nitrogen and oxygen atoms in total. The van der Waals surface area contributed by atoms with Crippen LogP contribution in [0.5, 0.6) is 11.5 Å². The Balaban J connectivity index is 2.68. The molecule has 0 aliphatic carbocycles. The van der Waals surface area contributed by atoms with E-state index >= 15 is 0 Å². The van der Waals surface area contributed by atoms with Crippen LogP contribution in [0.3, 0.4) is 0 Å². The highest BCUT2D eigenvalue weighted by atomic mass is 16.5. The van der Waals surface area contributed by atoms with Gasteiger partial charge in [-0.15, -0.1) is 0 Å². The number of methoxy groups -OCH3 is 2. The Morgan fingerprint density at radius 3 is 2.05 bits per heavy atom. The van der Waals surface area contributed by atoms with Crippen molar-refractivity contribution in [2.45, 2.75) is 26.3 Å². The number of carbonyl (C=O) groups excluding carboxylic acids is 1. The zero-order valence-corrected chi connectivity index (χ0v) is 12.2. The third-order valence-electron chi connectivity index (χ3n) is 2.41. The van der Waals surface area contributed by atoms with Gasteiger partial charge < -0.3 is 20.1 Å². The minimum absolute atomic E-state index is 0.0938. The fourth-order valence-corrected chi connectivity index (χ4v) is 1.43. The molecule has 0 spiro atoms. The second kappa shape index (κ2) is 6.43. The minimum atomic E-state index is -0.106. The molecule has 2 N–H and O–H groups in total. The van der Waals surface area contributed by atoms with Gasteiger partial charge in [0.25, 0.3) is 0 Å². The molecule has 0 unspecified atom stereocenters. The van der Waals surface area contributed by atoms with E-state index in [0.29, 0.717) is 17.2 Å². The molecule has 0 aliphatic rings. The van der Waals surface area contributed by atoms with E-state index in [2.05, 4.69) is 10.6 Å². The molecule has 0 radical (unpaired) electrons. The third kappa shape index (κ3) is 5.61. The van der Waals surface area contributed by atoms with E-state index in [-0.39, 0.29) is 18.0 Å². The number of ether oxygens (including phenoxy) is 2. The topological polar surface area (TPSA) is 59.6 Å². The molecule has 1 rings (SSSR count). The maximum Gasteiger partial charge on any atom is 0.238 e. The number of carbonyl (C=O) groups is 1. The largest absolute Gasteiger partial charge is 0.497 e. The molecule has 0 atom stereocenters. The molecule has 1 aromatic rings. The number of anilines is 1. The normalized spacial score (nSPS) is 11.0. The van der Waals surface area contributed by atoms with Crippen LogP contribution in [0.1, 0.15) is 20.8 Å². The Bertz CT molecular complexity index is 417. The van der Waals surface area contributed by atoms with Gasteiger partial charge in [-0.05, 0) is 20.8 Å². The van der Waals surface area contributed by atoms with Crippen LogP contribution in [-0.2, 0) is 4.79 Å². The SMILES string of the molecule is COc1cc(NC(=O)CNC(C)(C)C)cc(OC)c1. The molecule has 106 valence electrons. The lowest BCUT2D eigenvalue weighted by Gasteiger charge is -2.20. The first kappa shape index (κ1) is 15.3. The van der Waals surface area contributed by atoms with Gasteiger partial charge in [-0.1, -0.05) is 0 Å². The predicted octanol–water partition coefficient (Wildman–Crippen LogP) is 2.03. The van der Waals surface area contributed by atoms with Crippen molar-refractivity contribution >= 4 is 11.6 Å². The fraction of sp³-hybridized carbons (Fsp3) is 0.500. The van der Waals surface area contributed by atoms with Crippen LogP contribution < -0.4 is 20.1 Å². The van der Waals surface area contributed by atoms with E-state index in [1.54, 1.807) is 32.4 Å². The van der Waals surface area contributed by atoms with Crippen LogP contribution in [0.25, 0.3) is 0 Å². The van der Waals surface area contributed by atoms with Gasteiger partial charge in [-0.2, -0.15) is 0 Å². The van der Waals surface area contributed by atoms with Gasteiger partial charge in [-0.25, -0.2) is 0 Å². The number of rotatable bonds is 5. The number of amides is 1. The van der Waals surface area contributed by atoms with Gasteiger partial charge in [0.1, 0.15) is 11.5 Å². The average molecular weight is 266 g/mol. The van der Waals surface area contributed by atoms with E-state index in [9.17, 15) is 4.79 Å². The van der Waals surface area contributed by atoms with Gasteiger partial charge in [0.15, 0.2) is 0 Å². The lowest BCUT2D eigenvalue weighted by Crippen LogP contribution is -2.41. The third-order valence-corrected chi connectivity index (χ3v) is 2.41. The molecular formula is C14H22N2O3. The Hall–Kier alpha value is -1.75. The lowest BCUT2D eigenvalue weighted by atomic mass is 10.1. The first-order chi connectivity index (χ1) is 8.84. The van der Waals surface area contributed by atoms with E-state index in [1.165, 1.54) is 0 Å². The van der Waals surface area contributed by atoms with E-state index < -0.39 is 0 Å². The highest BCUT2D eigenvalue weighted by molar-refractivity contribution is 5.92. The zero-order chi connectivity index (χ0) is 14.5. The van der Waals surface area contributed by atoms with Crippen LogP contribution >= 0.6 is 0 Å². The number of nitrogens with one attached hydrogen (secondary N) is 2. The molecule has 0 heterocycles. The van der Waals surface area contributed by atoms with E-state index in [1.807, 2.05) is 20.8 Å². The van der Waals surface area contributed by atoms with Crippen molar-refractivity contribution in [2.24, 2.45) is 0 Å². The van der Waals surface area contributed by atoms with Crippen molar-refractivity contribution in [2.75, 3.05) is 26.1 Å². The molecule has 0 aliphatic heterocycles. The molecule has 0 saturated carbocycles. The summed E-state index contributed by atoms with van der Waals surface area (Å²) in [6, 6.07) is 5.25. The quantitative estimate of drug-likeness (QED) is 0.856. The maximum absolute atomic E-state index is 11.8. The number of hydrogen-bond acceptors (Lipinski definition) is 4. The summed E-state index contributed by atoms with van der Waals surface area (Å²) in [6.45, 7) is 6.28. The Morgan fingerprint density at radius 1 is 1.11 bits per heavy atom. The second-order valence-corrected chi connectivity index (χ2v) is 5.25. The van der Waals surface area contributed by atoms with Crippen LogP contribution in [0.15, 0.2) is 18.2 Å². The Morgan fingerprint density at radius 2 is 1.63 bits per heavy atom. The van der Waals surface area contributed by atoms with Gasteiger partial charge in [0, 0.05) is 29.4 Å². The summed E-state index contributed by atoms with van der Waals surface area (Å²) < 4.78 is 10.3. The smallest absolute Gasteiger partial charge is 0.238 e. The van der Waals surface area contributed by atoms with E-state index in [0.717, 1.165) is 0 Å². The summed E-state index contributed by atoms with van der Waals surface area (Å²) in [5.74, 6) is 1.17. The maximum atomic E-state index is 11.8. The van der Waals surface area contributed by atoms with Crippen LogP contribution in [0.2, 0.25) is 0 Å². The molecule has 1 aromatic carbocycles. The van der Waals surface area contributed by atoms with Crippen LogP contribution in [0.4, 0.5) is 5.69 Å². The van der Waals surface area contributed by atoms with Gasteiger partial charge in [0.05, 0.1) is 20.8 Å².